The molecule has 7 heteroatoms. The SMILES string of the molecule is COc1ncc(NNC(=O)c2cccc(-c3ccc(Cl)cc3)c2)cc1F. The van der Waals surface area contributed by atoms with Gasteiger partial charge >= 0.3 is 0 Å². The number of aromatic nitrogens is 1. The largest absolute Gasteiger partial charge is 0.479 e. The molecule has 0 unspecified atom stereocenters. The van der Waals surface area contributed by atoms with Crippen LogP contribution in [0.15, 0.2) is 60.8 Å². The van der Waals surface area contributed by atoms with Crippen LogP contribution in [0.4, 0.5) is 10.1 Å². The van der Waals surface area contributed by atoms with Crippen molar-refractivity contribution < 1.29 is 13.9 Å². The van der Waals surface area contributed by atoms with Gasteiger partial charge in [0, 0.05) is 16.7 Å². The first-order valence-corrected chi connectivity index (χ1v) is 8.06. The molecule has 0 spiro atoms. The molecular weight excluding hydrogens is 357 g/mol. The van der Waals surface area contributed by atoms with Gasteiger partial charge in [-0.3, -0.25) is 15.6 Å². The number of nitrogens with one attached hydrogen (secondary N) is 2. The van der Waals surface area contributed by atoms with Crippen LogP contribution in [0.2, 0.25) is 5.02 Å². The number of anilines is 1. The minimum atomic E-state index is -0.628. The molecule has 3 aromatic rings. The van der Waals surface area contributed by atoms with Gasteiger partial charge in [-0.05, 0) is 35.4 Å². The molecule has 0 bridgehead atoms. The van der Waals surface area contributed by atoms with E-state index in [9.17, 15) is 9.18 Å². The van der Waals surface area contributed by atoms with Crippen LogP contribution in [0.5, 0.6) is 5.88 Å². The quantitative estimate of drug-likeness (QED) is 0.656. The lowest BCUT2D eigenvalue weighted by Gasteiger charge is -2.10. The third kappa shape index (κ3) is 4.10. The molecule has 0 atom stereocenters. The van der Waals surface area contributed by atoms with Gasteiger partial charge in [-0.25, -0.2) is 9.37 Å². The maximum absolute atomic E-state index is 13.6. The molecule has 132 valence electrons. The van der Waals surface area contributed by atoms with Crippen LogP contribution < -0.4 is 15.6 Å². The Bertz CT molecular complexity index is 932. The number of nitrogens with zero attached hydrogens (tertiary/aromatic N) is 1. The highest BCUT2D eigenvalue weighted by atomic mass is 35.5. The van der Waals surface area contributed by atoms with Crippen molar-refractivity contribution in [2.24, 2.45) is 0 Å². The van der Waals surface area contributed by atoms with Crippen molar-refractivity contribution in [2.75, 3.05) is 12.5 Å². The van der Waals surface area contributed by atoms with E-state index in [2.05, 4.69) is 15.8 Å². The second-order valence-electron chi connectivity index (χ2n) is 5.38. The van der Waals surface area contributed by atoms with E-state index in [1.807, 2.05) is 18.2 Å². The van der Waals surface area contributed by atoms with Crippen LogP contribution >= 0.6 is 11.6 Å². The molecule has 0 saturated carbocycles. The van der Waals surface area contributed by atoms with Gasteiger partial charge in [0.25, 0.3) is 5.91 Å². The topological polar surface area (TPSA) is 63.2 Å². The van der Waals surface area contributed by atoms with E-state index < -0.39 is 5.82 Å². The fraction of sp³-hybridized carbons (Fsp3) is 0.0526. The lowest BCUT2D eigenvalue weighted by atomic mass is 10.0. The molecule has 0 saturated heterocycles. The van der Waals surface area contributed by atoms with Crippen molar-refractivity contribution in [3.05, 3.63) is 77.2 Å². The van der Waals surface area contributed by atoms with Crippen LogP contribution in [0.3, 0.4) is 0 Å². The second kappa shape index (κ2) is 7.84. The maximum atomic E-state index is 13.6. The molecule has 1 amide bonds. The summed E-state index contributed by atoms with van der Waals surface area (Å²) in [5.74, 6) is -1.11. The Morgan fingerprint density at radius 3 is 2.58 bits per heavy atom. The summed E-state index contributed by atoms with van der Waals surface area (Å²) in [6.07, 6.45) is 1.35. The highest BCUT2D eigenvalue weighted by Crippen LogP contribution is 2.22. The predicted octanol–water partition coefficient (Wildman–Crippen LogP) is 4.31. The van der Waals surface area contributed by atoms with E-state index in [1.165, 1.54) is 19.4 Å². The fourth-order valence-electron chi connectivity index (χ4n) is 2.33. The number of methoxy groups -OCH3 is 1. The number of hydrogen-bond acceptors (Lipinski definition) is 4. The summed E-state index contributed by atoms with van der Waals surface area (Å²) in [7, 11) is 1.33. The molecule has 5 nitrogen and oxygen atoms in total. The number of rotatable bonds is 5. The Kier molecular flexibility index (Phi) is 5.34. The molecule has 1 aromatic heterocycles. The lowest BCUT2D eigenvalue weighted by Crippen LogP contribution is -2.29. The molecule has 0 aliphatic carbocycles. The molecule has 3 rings (SSSR count). The third-order valence-corrected chi connectivity index (χ3v) is 3.88. The summed E-state index contributed by atoms with van der Waals surface area (Å²) < 4.78 is 18.4. The highest BCUT2D eigenvalue weighted by Gasteiger charge is 2.09. The smallest absolute Gasteiger partial charge is 0.269 e. The highest BCUT2D eigenvalue weighted by molar-refractivity contribution is 6.30. The molecule has 0 aliphatic heterocycles. The van der Waals surface area contributed by atoms with Gasteiger partial charge in [0.1, 0.15) is 0 Å². The van der Waals surface area contributed by atoms with Gasteiger partial charge in [0.05, 0.1) is 19.0 Å². The molecule has 0 fully saturated rings. The normalized spacial score (nSPS) is 10.3. The van der Waals surface area contributed by atoms with Gasteiger partial charge in [-0.2, -0.15) is 0 Å². The number of amides is 1. The Morgan fingerprint density at radius 1 is 1.12 bits per heavy atom. The number of hydrazine groups is 1. The molecule has 0 radical (unpaired) electrons. The molecular formula is C19H15ClFN3O2. The third-order valence-electron chi connectivity index (χ3n) is 3.62. The van der Waals surface area contributed by atoms with Crippen LogP contribution in [0.25, 0.3) is 11.1 Å². The van der Waals surface area contributed by atoms with Crippen molar-refractivity contribution in [3.63, 3.8) is 0 Å². The first-order valence-electron chi connectivity index (χ1n) is 7.69. The standard InChI is InChI=1S/C19H15ClFN3O2/c1-26-19-17(21)10-16(11-22-19)23-24-18(25)14-4-2-3-13(9-14)12-5-7-15(20)8-6-12/h2-11,23H,1H3,(H,24,25). The minimum absolute atomic E-state index is 0.113. The number of benzene rings is 2. The number of carbonyl (C=O) groups is 1. The number of halogens is 2. The zero-order chi connectivity index (χ0) is 18.5. The molecule has 2 aromatic carbocycles. The Hall–Kier alpha value is -3.12. The molecule has 0 aliphatic rings. The zero-order valence-corrected chi connectivity index (χ0v) is 14.5. The fourth-order valence-corrected chi connectivity index (χ4v) is 2.45. The molecule has 26 heavy (non-hydrogen) atoms. The van der Waals surface area contributed by atoms with Crippen molar-refractivity contribution in [1.82, 2.24) is 10.4 Å². The van der Waals surface area contributed by atoms with E-state index in [0.717, 1.165) is 11.1 Å². The van der Waals surface area contributed by atoms with Crippen LogP contribution in [0, 0.1) is 5.82 Å². The van der Waals surface area contributed by atoms with Gasteiger partial charge in [0.15, 0.2) is 5.82 Å². The van der Waals surface area contributed by atoms with Crippen molar-refractivity contribution in [2.45, 2.75) is 0 Å². The summed E-state index contributed by atoms with van der Waals surface area (Å²) in [6.45, 7) is 0. The van der Waals surface area contributed by atoms with E-state index in [4.69, 9.17) is 16.3 Å². The molecule has 1 heterocycles. The van der Waals surface area contributed by atoms with Crippen molar-refractivity contribution in [1.29, 1.82) is 0 Å². The maximum Gasteiger partial charge on any atom is 0.269 e. The van der Waals surface area contributed by atoms with E-state index >= 15 is 0 Å². The van der Waals surface area contributed by atoms with Crippen LogP contribution in [-0.4, -0.2) is 18.0 Å². The summed E-state index contributed by atoms with van der Waals surface area (Å²) >= 11 is 5.90. The number of pyridine rings is 1. The zero-order valence-electron chi connectivity index (χ0n) is 13.8. The first kappa shape index (κ1) is 17.7. The predicted molar refractivity (Wildman–Crippen MR) is 98.7 cm³/mol. The lowest BCUT2D eigenvalue weighted by molar-refractivity contribution is 0.0962. The average Bonchev–Trinajstić information content (AvgIpc) is 2.67. The van der Waals surface area contributed by atoms with Gasteiger partial charge in [0.2, 0.25) is 5.88 Å². The Balaban J connectivity index is 1.71. The van der Waals surface area contributed by atoms with Crippen molar-refractivity contribution >= 4 is 23.2 Å². The van der Waals surface area contributed by atoms with Crippen LogP contribution in [-0.2, 0) is 0 Å². The number of ether oxygens (including phenoxy) is 1. The number of carbonyl (C=O) groups excluding carboxylic acids is 1. The van der Waals surface area contributed by atoms with E-state index in [0.29, 0.717) is 16.3 Å². The van der Waals surface area contributed by atoms with Gasteiger partial charge in [-0.1, -0.05) is 35.9 Å². The Labute approximate surface area is 154 Å². The van der Waals surface area contributed by atoms with E-state index in [1.54, 1.807) is 30.3 Å². The monoisotopic (exact) mass is 371 g/mol. The number of hydrogen-bond donors (Lipinski definition) is 2. The summed E-state index contributed by atoms with van der Waals surface area (Å²) in [5.41, 5.74) is 7.71. The summed E-state index contributed by atoms with van der Waals surface area (Å²) in [6, 6.07) is 15.6. The summed E-state index contributed by atoms with van der Waals surface area (Å²) in [4.78, 5) is 16.1. The average molecular weight is 372 g/mol. The van der Waals surface area contributed by atoms with Gasteiger partial charge < -0.3 is 4.74 Å². The van der Waals surface area contributed by atoms with Crippen molar-refractivity contribution in [3.8, 4) is 17.0 Å². The Morgan fingerprint density at radius 2 is 1.88 bits per heavy atom. The van der Waals surface area contributed by atoms with Gasteiger partial charge in [-0.15, -0.1) is 0 Å². The minimum Gasteiger partial charge on any atom is -0.479 e. The first-order chi connectivity index (χ1) is 12.6. The van der Waals surface area contributed by atoms with E-state index in [-0.39, 0.29) is 11.8 Å². The summed E-state index contributed by atoms with van der Waals surface area (Å²) in [5, 5.41) is 0.646. The molecule has 2 N–H and O–H groups in total. The van der Waals surface area contributed by atoms with Crippen LogP contribution in [0.1, 0.15) is 10.4 Å². The second-order valence-corrected chi connectivity index (χ2v) is 5.82.